The molecule has 0 saturated heterocycles. The number of hydrogen-bond donors (Lipinski definition) is 1. The summed E-state index contributed by atoms with van der Waals surface area (Å²) in [7, 11) is 0. The summed E-state index contributed by atoms with van der Waals surface area (Å²) in [6.45, 7) is 1.31. The molecule has 0 bridgehead atoms. The molecular formula is C20H15N3O7. The summed E-state index contributed by atoms with van der Waals surface area (Å²) < 4.78 is 15.3. The number of nitriles is 1. The fourth-order valence-corrected chi connectivity index (χ4v) is 2.59. The molecule has 1 aliphatic heterocycles. The second kappa shape index (κ2) is 8.74. The summed E-state index contributed by atoms with van der Waals surface area (Å²) >= 11 is 0. The van der Waals surface area contributed by atoms with Gasteiger partial charge in [0.25, 0.3) is 11.6 Å². The second-order valence-corrected chi connectivity index (χ2v) is 6.08. The number of nitro groups is 1. The number of nitro benzene ring substituents is 1. The van der Waals surface area contributed by atoms with E-state index in [1.54, 1.807) is 18.2 Å². The largest absolute Gasteiger partial charge is 0.454 e. The van der Waals surface area contributed by atoms with E-state index in [0.29, 0.717) is 11.4 Å². The van der Waals surface area contributed by atoms with Crippen LogP contribution in [0.25, 0.3) is 6.08 Å². The Labute approximate surface area is 170 Å². The normalized spacial score (nSPS) is 12.8. The third-order valence-corrected chi connectivity index (χ3v) is 4.09. The lowest BCUT2D eigenvalue weighted by atomic mass is 10.1. The van der Waals surface area contributed by atoms with Crippen molar-refractivity contribution in [3.05, 3.63) is 63.7 Å². The molecule has 3 rings (SSSR count). The number of nitrogens with one attached hydrogen (secondary N) is 1. The Kier molecular flexibility index (Phi) is 5.93. The van der Waals surface area contributed by atoms with E-state index in [9.17, 15) is 19.7 Å². The summed E-state index contributed by atoms with van der Waals surface area (Å²) in [5, 5.41) is 22.8. The zero-order valence-corrected chi connectivity index (χ0v) is 15.7. The van der Waals surface area contributed by atoms with Crippen molar-refractivity contribution >= 4 is 29.3 Å². The number of hydrogen-bond acceptors (Lipinski definition) is 8. The lowest BCUT2D eigenvalue weighted by Gasteiger charge is -2.13. The number of amides is 1. The summed E-state index contributed by atoms with van der Waals surface area (Å²) in [5.41, 5.74) is 0.391. The smallest absolute Gasteiger partial charge is 0.331 e. The zero-order valence-electron chi connectivity index (χ0n) is 15.7. The van der Waals surface area contributed by atoms with Crippen LogP contribution in [0.15, 0.2) is 42.5 Å². The monoisotopic (exact) mass is 409 g/mol. The van der Waals surface area contributed by atoms with Crippen molar-refractivity contribution in [2.45, 2.75) is 13.0 Å². The molecule has 1 aliphatic rings. The molecule has 0 saturated carbocycles. The van der Waals surface area contributed by atoms with E-state index in [1.165, 1.54) is 31.2 Å². The molecule has 0 aromatic heterocycles. The van der Waals surface area contributed by atoms with Crippen LogP contribution in [-0.4, -0.2) is 29.7 Å². The number of para-hydroxylation sites is 1. The van der Waals surface area contributed by atoms with Gasteiger partial charge in [0.05, 0.1) is 27.8 Å². The van der Waals surface area contributed by atoms with Gasteiger partial charge >= 0.3 is 5.97 Å². The van der Waals surface area contributed by atoms with E-state index in [0.717, 1.165) is 6.08 Å². The number of benzene rings is 2. The number of carbonyl (C=O) groups is 2. The van der Waals surface area contributed by atoms with Gasteiger partial charge in [0.2, 0.25) is 6.79 Å². The molecule has 1 amide bonds. The van der Waals surface area contributed by atoms with Gasteiger partial charge in [0.15, 0.2) is 17.6 Å². The first kappa shape index (κ1) is 20.3. The Morgan fingerprint density at radius 3 is 2.70 bits per heavy atom. The van der Waals surface area contributed by atoms with Gasteiger partial charge < -0.3 is 19.5 Å². The highest BCUT2D eigenvalue weighted by Gasteiger charge is 2.23. The second-order valence-electron chi connectivity index (χ2n) is 6.08. The van der Waals surface area contributed by atoms with Crippen molar-refractivity contribution in [1.29, 1.82) is 5.26 Å². The minimum absolute atomic E-state index is 0.0523. The van der Waals surface area contributed by atoms with E-state index in [4.69, 9.17) is 19.5 Å². The van der Waals surface area contributed by atoms with Gasteiger partial charge in [0.1, 0.15) is 6.07 Å². The molecule has 2 aromatic carbocycles. The molecule has 2 aromatic rings. The van der Waals surface area contributed by atoms with Crippen LogP contribution in [0.4, 0.5) is 11.4 Å². The fraction of sp³-hybridized carbons (Fsp3) is 0.150. The van der Waals surface area contributed by atoms with E-state index >= 15 is 0 Å². The molecule has 0 fully saturated rings. The standard InChI is InChI=1S/C20H15N3O7/c1-12(20(25)22-15-5-3-2-4-14(15)10-21)30-19(24)7-6-13-8-17-18(29-11-28-17)9-16(13)23(26)27/h2-9,12H,11H2,1H3,(H,22,25)/b7-6+/t12-/m0/s1. The molecule has 152 valence electrons. The van der Waals surface area contributed by atoms with Crippen molar-refractivity contribution in [3.8, 4) is 17.6 Å². The highest BCUT2D eigenvalue weighted by molar-refractivity contribution is 5.97. The number of rotatable bonds is 6. The van der Waals surface area contributed by atoms with Crippen LogP contribution in [0.3, 0.4) is 0 Å². The van der Waals surface area contributed by atoms with E-state index in [2.05, 4.69) is 5.32 Å². The Morgan fingerprint density at radius 1 is 1.30 bits per heavy atom. The van der Waals surface area contributed by atoms with Crippen molar-refractivity contribution in [1.82, 2.24) is 0 Å². The van der Waals surface area contributed by atoms with Crippen molar-refractivity contribution in [2.24, 2.45) is 0 Å². The molecule has 1 heterocycles. The molecule has 1 atom stereocenters. The molecule has 10 nitrogen and oxygen atoms in total. The van der Waals surface area contributed by atoms with Crippen LogP contribution >= 0.6 is 0 Å². The maximum Gasteiger partial charge on any atom is 0.331 e. The molecule has 0 unspecified atom stereocenters. The lowest BCUT2D eigenvalue weighted by molar-refractivity contribution is -0.385. The quantitative estimate of drug-likeness (QED) is 0.332. The molecular weight excluding hydrogens is 394 g/mol. The molecule has 30 heavy (non-hydrogen) atoms. The first-order valence-electron chi connectivity index (χ1n) is 8.65. The number of carbonyl (C=O) groups excluding carboxylic acids is 2. The van der Waals surface area contributed by atoms with E-state index < -0.39 is 22.9 Å². The maximum atomic E-state index is 12.2. The minimum Gasteiger partial charge on any atom is -0.454 e. The molecule has 0 aliphatic carbocycles. The van der Waals surface area contributed by atoms with Gasteiger partial charge in [-0.3, -0.25) is 14.9 Å². The molecule has 1 N–H and O–H groups in total. The van der Waals surface area contributed by atoms with Crippen molar-refractivity contribution < 1.29 is 28.7 Å². The number of esters is 1. The summed E-state index contributed by atoms with van der Waals surface area (Å²) in [6, 6.07) is 10.9. The zero-order chi connectivity index (χ0) is 21.7. The molecule has 0 radical (unpaired) electrons. The molecule has 10 heteroatoms. The third kappa shape index (κ3) is 4.53. The average molecular weight is 409 g/mol. The summed E-state index contributed by atoms with van der Waals surface area (Å²) in [6.07, 6.45) is 0.996. The van der Waals surface area contributed by atoms with Crippen LogP contribution < -0.4 is 14.8 Å². The van der Waals surface area contributed by atoms with E-state index in [-0.39, 0.29) is 29.4 Å². The SMILES string of the molecule is C[C@H](OC(=O)/C=C/c1cc2c(cc1[N+](=O)[O-])OCO2)C(=O)Nc1ccccc1C#N. The summed E-state index contributed by atoms with van der Waals surface area (Å²) in [5.74, 6) is -0.950. The third-order valence-electron chi connectivity index (χ3n) is 4.09. The fourth-order valence-electron chi connectivity index (χ4n) is 2.59. The number of fused-ring (bicyclic) bond motifs is 1. The highest BCUT2D eigenvalue weighted by Crippen LogP contribution is 2.38. The van der Waals surface area contributed by atoms with Crippen LogP contribution in [0.1, 0.15) is 18.1 Å². The van der Waals surface area contributed by atoms with Gasteiger partial charge in [-0.25, -0.2) is 4.79 Å². The Bertz CT molecular complexity index is 1090. The van der Waals surface area contributed by atoms with Gasteiger partial charge in [-0.1, -0.05) is 12.1 Å². The topological polar surface area (TPSA) is 141 Å². The van der Waals surface area contributed by atoms with Gasteiger partial charge in [-0.05, 0) is 31.2 Å². The minimum atomic E-state index is -1.17. The first-order valence-corrected chi connectivity index (χ1v) is 8.65. The number of anilines is 1. The van der Waals surface area contributed by atoms with Crippen molar-refractivity contribution in [2.75, 3.05) is 12.1 Å². The van der Waals surface area contributed by atoms with E-state index in [1.807, 2.05) is 6.07 Å². The molecule has 0 spiro atoms. The van der Waals surface area contributed by atoms with Gasteiger partial charge in [-0.15, -0.1) is 0 Å². The Hall–Kier alpha value is -4.39. The van der Waals surface area contributed by atoms with Crippen LogP contribution in [0.5, 0.6) is 11.5 Å². The van der Waals surface area contributed by atoms with Crippen LogP contribution in [0.2, 0.25) is 0 Å². The number of nitrogens with zero attached hydrogens (tertiary/aromatic N) is 2. The van der Waals surface area contributed by atoms with Crippen LogP contribution in [-0.2, 0) is 14.3 Å². The predicted molar refractivity (Wildman–Crippen MR) is 104 cm³/mol. The van der Waals surface area contributed by atoms with Gasteiger partial charge in [0, 0.05) is 6.08 Å². The number of ether oxygens (including phenoxy) is 3. The predicted octanol–water partition coefficient (Wildman–Crippen LogP) is 2.78. The van der Waals surface area contributed by atoms with Crippen LogP contribution in [0, 0.1) is 21.4 Å². The lowest BCUT2D eigenvalue weighted by Crippen LogP contribution is -2.29. The summed E-state index contributed by atoms with van der Waals surface area (Å²) in [4.78, 5) is 34.9. The van der Waals surface area contributed by atoms with Crippen molar-refractivity contribution in [3.63, 3.8) is 0 Å². The first-order chi connectivity index (χ1) is 14.4. The highest BCUT2D eigenvalue weighted by atomic mass is 16.7. The maximum absolute atomic E-state index is 12.2. The Balaban J connectivity index is 1.67. The average Bonchev–Trinajstić information content (AvgIpc) is 3.19. The van der Waals surface area contributed by atoms with Gasteiger partial charge in [-0.2, -0.15) is 5.26 Å². The Morgan fingerprint density at radius 2 is 2.00 bits per heavy atom.